The summed E-state index contributed by atoms with van der Waals surface area (Å²) in [6.07, 6.45) is 1.80. The summed E-state index contributed by atoms with van der Waals surface area (Å²) in [5.74, 6) is 0.863. The maximum absolute atomic E-state index is 5.02. The molecule has 0 heterocycles. The Kier molecular flexibility index (Phi) is 3.33. The lowest BCUT2D eigenvalue weighted by Gasteiger charge is -1.98. The van der Waals surface area contributed by atoms with Gasteiger partial charge in [0, 0.05) is 12.8 Å². The normalized spacial score (nSPS) is 10.5. The molecule has 0 saturated heterocycles. The molecule has 0 saturated carbocycles. The van der Waals surface area contributed by atoms with E-state index in [2.05, 4.69) is 11.9 Å². The smallest absolute Gasteiger partial charge is 0.118 e. The van der Waals surface area contributed by atoms with Gasteiger partial charge in [-0.3, -0.25) is 4.99 Å². The third kappa shape index (κ3) is 2.38. The second kappa shape index (κ2) is 4.54. The van der Waals surface area contributed by atoms with Gasteiger partial charge in [0.25, 0.3) is 0 Å². The molecule has 0 spiro atoms. The molecule has 0 aromatic heterocycles. The van der Waals surface area contributed by atoms with Gasteiger partial charge in [-0.15, -0.1) is 0 Å². The second-order valence-electron chi connectivity index (χ2n) is 2.31. The van der Waals surface area contributed by atoms with Crippen molar-refractivity contribution in [2.75, 3.05) is 13.7 Å². The molecule has 0 amide bonds. The van der Waals surface area contributed by atoms with Crippen LogP contribution >= 0.6 is 0 Å². The number of hydrogen-bond acceptors (Lipinski definition) is 2. The van der Waals surface area contributed by atoms with Crippen LogP contribution in [-0.4, -0.2) is 19.9 Å². The van der Waals surface area contributed by atoms with Crippen LogP contribution in [0.4, 0.5) is 0 Å². The Bertz CT molecular complexity index is 251. The highest BCUT2D eigenvalue weighted by Crippen LogP contribution is 2.09. The topological polar surface area (TPSA) is 21.6 Å². The molecule has 0 fully saturated rings. The van der Waals surface area contributed by atoms with E-state index >= 15 is 0 Å². The van der Waals surface area contributed by atoms with E-state index < -0.39 is 0 Å². The van der Waals surface area contributed by atoms with Crippen molar-refractivity contribution in [3.63, 3.8) is 0 Å². The highest BCUT2D eigenvalue weighted by Gasteiger charge is 1.89. The van der Waals surface area contributed by atoms with Crippen LogP contribution in [0.1, 0.15) is 5.56 Å². The summed E-state index contributed by atoms with van der Waals surface area (Å²) in [6.45, 7) is 4.19. The van der Waals surface area contributed by atoms with Crippen LogP contribution in [0.3, 0.4) is 0 Å². The monoisotopic (exact) mass is 162 g/mol. The van der Waals surface area contributed by atoms with Gasteiger partial charge >= 0.3 is 0 Å². The Hall–Kier alpha value is -1.31. The van der Waals surface area contributed by atoms with Gasteiger partial charge in [-0.25, -0.2) is 0 Å². The molecular weight excluding hydrogens is 150 g/mol. The molecule has 0 aliphatic rings. The summed E-state index contributed by atoms with van der Waals surface area (Å²) in [4.78, 5) is 4.02. The first-order valence-electron chi connectivity index (χ1n) is 3.80. The number of nitrogens with zero attached hydrogens (tertiary/aromatic N) is 1. The Balaban J connectivity index is 2.71. The summed E-state index contributed by atoms with van der Waals surface area (Å²) in [6, 6.07) is 7.73. The fraction of sp³-hybridized carbons (Fsp3) is 0.200. The highest BCUT2D eigenvalue weighted by atomic mass is 16.5. The van der Waals surface area contributed by atoms with Crippen molar-refractivity contribution >= 4 is 6.21 Å². The number of benzene rings is 1. The first-order chi connectivity index (χ1) is 5.86. The molecule has 2 heteroatoms. The Morgan fingerprint density at radius 1 is 1.42 bits per heavy atom. The fourth-order valence-corrected chi connectivity index (χ4v) is 0.860. The number of ether oxygens (including phenoxy) is 1. The first-order valence-corrected chi connectivity index (χ1v) is 3.80. The molecule has 0 bridgehead atoms. The van der Waals surface area contributed by atoms with Gasteiger partial charge in [0.15, 0.2) is 0 Å². The van der Waals surface area contributed by atoms with Crippen LogP contribution in [0.2, 0.25) is 0 Å². The Labute approximate surface area is 72.9 Å². The van der Waals surface area contributed by atoms with Crippen LogP contribution in [0.25, 0.3) is 0 Å². The van der Waals surface area contributed by atoms with Crippen LogP contribution < -0.4 is 4.74 Å². The van der Waals surface area contributed by atoms with E-state index in [9.17, 15) is 0 Å². The van der Waals surface area contributed by atoms with Crippen molar-refractivity contribution in [2.45, 2.75) is 0 Å². The third-order valence-electron chi connectivity index (χ3n) is 1.49. The minimum absolute atomic E-state index is 0.575. The number of hydrogen-bond donors (Lipinski definition) is 0. The first kappa shape index (κ1) is 8.78. The molecule has 1 aromatic rings. The molecule has 1 rings (SSSR count). The zero-order valence-electron chi connectivity index (χ0n) is 7.16. The molecule has 63 valence electrons. The minimum Gasteiger partial charge on any atom is -0.497 e. The lowest BCUT2D eigenvalue weighted by Crippen LogP contribution is -1.84. The molecule has 12 heavy (non-hydrogen) atoms. The Morgan fingerprint density at radius 2 is 2.08 bits per heavy atom. The van der Waals surface area contributed by atoms with E-state index in [1.165, 1.54) is 0 Å². The molecule has 0 unspecified atom stereocenters. The maximum Gasteiger partial charge on any atom is 0.118 e. The summed E-state index contributed by atoms with van der Waals surface area (Å²) >= 11 is 0. The van der Waals surface area contributed by atoms with Gasteiger partial charge in [-0.05, 0) is 36.8 Å². The van der Waals surface area contributed by atoms with Crippen molar-refractivity contribution in [3.05, 3.63) is 36.8 Å². The quantitative estimate of drug-likeness (QED) is 0.622. The zero-order valence-corrected chi connectivity index (χ0v) is 7.16. The van der Waals surface area contributed by atoms with Crippen molar-refractivity contribution < 1.29 is 4.74 Å². The number of aliphatic imine (C=N–C) groups is 1. The molecule has 0 N–H and O–H groups in total. The van der Waals surface area contributed by atoms with Crippen molar-refractivity contribution in [1.29, 1.82) is 0 Å². The van der Waals surface area contributed by atoms with Gasteiger partial charge < -0.3 is 4.74 Å². The number of methoxy groups -OCH3 is 1. The summed E-state index contributed by atoms with van der Waals surface area (Å²) in [7, 11) is 1.65. The van der Waals surface area contributed by atoms with E-state index in [1.54, 1.807) is 13.3 Å². The maximum atomic E-state index is 5.02. The zero-order chi connectivity index (χ0) is 8.81. The molecule has 1 aromatic carbocycles. The molecular formula is C10H12NO. The SMILES string of the molecule is [CH2]CN=Cc1ccc(OC)cc1. The second-order valence-corrected chi connectivity index (χ2v) is 2.31. The molecule has 1 radical (unpaired) electrons. The van der Waals surface area contributed by atoms with Gasteiger partial charge in [0.1, 0.15) is 5.75 Å². The predicted molar refractivity (Wildman–Crippen MR) is 50.8 cm³/mol. The molecule has 0 atom stereocenters. The summed E-state index contributed by atoms with van der Waals surface area (Å²) in [5, 5.41) is 0. The lowest BCUT2D eigenvalue weighted by molar-refractivity contribution is 0.415. The van der Waals surface area contributed by atoms with Gasteiger partial charge in [-0.2, -0.15) is 0 Å². The van der Waals surface area contributed by atoms with Crippen LogP contribution in [0.15, 0.2) is 29.3 Å². The molecule has 2 nitrogen and oxygen atoms in total. The average Bonchev–Trinajstić information content (AvgIpc) is 2.15. The van der Waals surface area contributed by atoms with Crippen LogP contribution in [0, 0.1) is 6.92 Å². The van der Waals surface area contributed by atoms with Crippen molar-refractivity contribution in [2.24, 2.45) is 4.99 Å². The fourth-order valence-electron chi connectivity index (χ4n) is 0.860. The van der Waals surface area contributed by atoms with E-state index in [-0.39, 0.29) is 0 Å². The average molecular weight is 162 g/mol. The third-order valence-corrected chi connectivity index (χ3v) is 1.49. The van der Waals surface area contributed by atoms with Crippen LogP contribution in [-0.2, 0) is 0 Å². The van der Waals surface area contributed by atoms with Gasteiger partial charge in [0.2, 0.25) is 0 Å². The largest absolute Gasteiger partial charge is 0.497 e. The van der Waals surface area contributed by atoms with Crippen LogP contribution in [0.5, 0.6) is 5.75 Å². The van der Waals surface area contributed by atoms with Crippen molar-refractivity contribution in [1.82, 2.24) is 0 Å². The Morgan fingerprint density at radius 3 is 2.58 bits per heavy atom. The summed E-state index contributed by atoms with van der Waals surface area (Å²) in [5.41, 5.74) is 1.07. The minimum atomic E-state index is 0.575. The predicted octanol–water partition coefficient (Wildman–Crippen LogP) is 1.95. The molecule has 0 aliphatic carbocycles. The lowest BCUT2D eigenvalue weighted by atomic mass is 10.2. The van der Waals surface area contributed by atoms with E-state index in [0.717, 1.165) is 11.3 Å². The van der Waals surface area contributed by atoms with E-state index in [1.807, 2.05) is 24.3 Å². The van der Waals surface area contributed by atoms with E-state index in [0.29, 0.717) is 6.54 Å². The standard InChI is InChI=1S/C10H12NO/c1-3-11-8-9-4-6-10(12-2)7-5-9/h4-8H,1,3H2,2H3. The molecule has 0 aliphatic heterocycles. The van der Waals surface area contributed by atoms with Gasteiger partial charge in [-0.1, -0.05) is 0 Å². The van der Waals surface area contributed by atoms with E-state index in [4.69, 9.17) is 4.74 Å². The van der Waals surface area contributed by atoms with Crippen molar-refractivity contribution in [3.8, 4) is 5.75 Å². The van der Waals surface area contributed by atoms with Gasteiger partial charge in [0.05, 0.1) is 7.11 Å². The number of rotatable bonds is 3. The summed E-state index contributed by atoms with van der Waals surface area (Å²) < 4.78 is 5.02. The highest BCUT2D eigenvalue weighted by molar-refractivity contribution is 5.79.